The molecule has 3 fully saturated rings. The maximum absolute atomic E-state index is 12.1. The van der Waals surface area contributed by atoms with Gasteiger partial charge in [-0.2, -0.15) is 10.4 Å². The average Bonchev–Trinajstić information content (AvgIpc) is 3.35. The highest BCUT2D eigenvalue weighted by atomic mass is 16.5. The molecule has 0 atom stereocenters. The van der Waals surface area contributed by atoms with Crippen LogP contribution in [0.2, 0.25) is 0 Å². The van der Waals surface area contributed by atoms with Crippen LogP contribution in [0.1, 0.15) is 24.0 Å². The molecule has 3 aliphatic heterocycles. The lowest BCUT2D eigenvalue weighted by Crippen LogP contribution is -2.61. The fourth-order valence-corrected chi connectivity index (χ4v) is 6.75. The lowest BCUT2D eigenvalue weighted by Gasteiger charge is -2.54. The molecule has 6 rings (SSSR count). The molecule has 0 radical (unpaired) electrons. The van der Waals surface area contributed by atoms with Crippen LogP contribution in [0.4, 0.5) is 11.4 Å². The van der Waals surface area contributed by atoms with Crippen molar-refractivity contribution >= 4 is 28.2 Å². The molecular weight excluding hydrogens is 504 g/mol. The summed E-state index contributed by atoms with van der Waals surface area (Å²) in [5.74, 6) is 0.722. The molecule has 0 aliphatic carbocycles. The van der Waals surface area contributed by atoms with Crippen LogP contribution in [0.3, 0.4) is 0 Å². The summed E-state index contributed by atoms with van der Waals surface area (Å²) in [4.78, 5) is 18.6. The number of carbonyl (C=O) groups is 1. The van der Waals surface area contributed by atoms with Gasteiger partial charge < -0.3 is 24.2 Å². The van der Waals surface area contributed by atoms with Gasteiger partial charge in [-0.3, -0.25) is 9.48 Å². The molecule has 0 saturated carbocycles. The Bertz CT molecular complexity index is 1510. The van der Waals surface area contributed by atoms with Crippen LogP contribution in [-0.2, 0) is 16.6 Å². The van der Waals surface area contributed by atoms with Gasteiger partial charge in [0.05, 0.1) is 49.0 Å². The second-order valence-corrected chi connectivity index (χ2v) is 11.3. The number of hydrogen-bond acceptors (Lipinski definition) is 7. The normalized spacial score (nSPS) is 18.5. The molecule has 3 saturated heterocycles. The molecular formula is C31H36N6O3. The zero-order valence-electron chi connectivity index (χ0n) is 23.6. The van der Waals surface area contributed by atoms with Crippen molar-refractivity contribution in [2.24, 2.45) is 12.5 Å². The van der Waals surface area contributed by atoms with E-state index in [9.17, 15) is 10.1 Å². The van der Waals surface area contributed by atoms with Gasteiger partial charge in [0, 0.05) is 68.2 Å². The lowest BCUT2D eigenvalue weighted by molar-refractivity contribution is -0.139. The number of piperidine rings is 1. The number of carbonyl (C=O) groups excluding carboxylic acids is 1. The van der Waals surface area contributed by atoms with Crippen LogP contribution in [0, 0.1) is 23.7 Å². The number of anilines is 2. The predicted molar refractivity (Wildman–Crippen MR) is 156 cm³/mol. The number of likely N-dealkylation sites (tertiary alicyclic amines) is 1. The predicted octanol–water partition coefficient (Wildman–Crippen LogP) is 3.88. The minimum atomic E-state index is 0.00878. The molecule has 3 aliphatic rings. The smallest absolute Gasteiger partial charge is 0.245 e. The van der Waals surface area contributed by atoms with E-state index in [1.54, 1.807) is 7.11 Å². The monoisotopic (exact) mass is 540 g/mol. The van der Waals surface area contributed by atoms with Crippen molar-refractivity contribution in [1.29, 1.82) is 5.26 Å². The molecule has 1 spiro atoms. The lowest BCUT2D eigenvalue weighted by atomic mass is 9.71. The number of morpholine rings is 1. The number of hydrogen-bond donors (Lipinski definition) is 0. The van der Waals surface area contributed by atoms with Gasteiger partial charge >= 0.3 is 0 Å². The van der Waals surface area contributed by atoms with Gasteiger partial charge in [-0.15, -0.1) is 0 Å². The quantitative estimate of drug-likeness (QED) is 0.454. The Morgan fingerprint density at radius 2 is 1.82 bits per heavy atom. The Hall–Kier alpha value is -4.03. The van der Waals surface area contributed by atoms with Gasteiger partial charge in [0.1, 0.15) is 6.07 Å². The van der Waals surface area contributed by atoms with Crippen molar-refractivity contribution in [2.45, 2.75) is 19.8 Å². The van der Waals surface area contributed by atoms with Crippen molar-refractivity contribution in [3.63, 3.8) is 0 Å². The SMILES string of the molecule is C=CC(=O)N1CC2(CCN(c3cc(N4CCOCC4)c(OC)c(-c4c(C)ccc5cnn(C)c45)c3C#N)CC2)C1. The Balaban J connectivity index is 1.48. The van der Waals surface area contributed by atoms with Crippen molar-refractivity contribution in [1.82, 2.24) is 14.7 Å². The van der Waals surface area contributed by atoms with E-state index in [-0.39, 0.29) is 11.3 Å². The number of rotatable bonds is 5. The third kappa shape index (κ3) is 4.18. The van der Waals surface area contributed by atoms with E-state index in [4.69, 9.17) is 9.47 Å². The third-order valence-electron chi connectivity index (χ3n) is 8.97. The first-order chi connectivity index (χ1) is 19.4. The Morgan fingerprint density at radius 1 is 1.12 bits per heavy atom. The van der Waals surface area contributed by atoms with Crippen LogP contribution >= 0.6 is 0 Å². The fraction of sp³-hybridized carbons (Fsp3) is 0.452. The Kier molecular flexibility index (Phi) is 6.67. The summed E-state index contributed by atoms with van der Waals surface area (Å²) in [6, 6.07) is 8.91. The summed E-state index contributed by atoms with van der Waals surface area (Å²) in [7, 11) is 3.64. The molecule has 9 heteroatoms. The number of aryl methyl sites for hydroxylation is 2. The molecule has 208 valence electrons. The van der Waals surface area contributed by atoms with Crippen LogP contribution in [0.15, 0.2) is 37.1 Å². The van der Waals surface area contributed by atoms with E-state index in [2.05, 4.69) is 52.7 Å². The molecule has 9 nitrogen and oxygen atoms in total. The summed E-state index contributed by atoms with van der Waals surface area (Å²) in [6.07, 6.45) is 5.22. The van der Waals surface area contributed by atoms with Crippen LogP contribution in [-0.4, -0.2) is 80.2 Å². The first kappa shape index (κ1) is 26.2. The van der Waals surface area contributed by atoms with Gasteiger partial charge in [-0.25, -0.2) is 0 Å². The van der Waals surface area contributed by atoms with Gasteiger partial charge in [-0.1, -0.05) is 18.7 Å². The van der Waals surface area contributed by atoms with E-state index in [1.807, 2.05) is 22.8 Å². The van der Waals surface area contributed by atoms with E-state index in [1.165, 1.54) is 6.08 Å². The van der Waals surface area contributed by atoms with Gasteiger partial charge in [0.25, 0.3) is 0 Å². The molecule has 40 heavy (non-hydrogen) atoms. The molecule has 0 N–H and O–H groups in total. The maximum Gasteiger partial charge on any atom is 0.245 e. The zero-order valence-corrected chi connectivity index (χ0v) is 23.6. The highest BCUT2D eigenvalue weighted by Gasteiger charge is 2.46. The Morgan fingerprint density at radius 3 is 2.48 bits per heavy atom. The number of amides is 1. The molecule has 2 aromatic carbocycles. The highest BCUT2D eigenvalue weighted by molar-refractivity contribution is 6.02. The summed E-state index contributed by atoms with van der Waals surface area (Å²) in [5, 5.41) is 16.3. The van der Waals surface area contributed by atoms with Crippen molar-refractivity contribution in [2.75, 3.05) is 69.4 Å². The van der Waals surface area contributed by atoms with Crippen LogP contribution in [0.5, 0.6) is 5.75 Å². The second-order valence-electron chi connectivity index (χ2n) is 11.3. The molecule has 0 bridgehead atoms. The number of benzene rings is 2. The first-order valence-electron chi connectivity index (χ1n) is 14.0. The average molecular weight is 541 g/mol. The van der Waals surface area contributed by atoms with Gasteiger partial charge in [0.2, 0.25) is 5.91 Å². The van der Waals surface area contributed by atoms with Crippen molar-refractivity contribution in [3.8, 4) is 22.9 Å². The van der Waals surface area contributed by atoms with Gasteiger partial charge in [-0.05, 0) is 37.5 Å². The van der Waals surface area contributed by atoms with Crippen LogP contribution < -0.4 is 14.5 Å². The molecule has 3 aromatic rings. The standard InChI is InChI=1S/C31H36N6O3/c1-5-26(38)37-19-31(20-37)8-10-35(11-9-31)24-16-25(36-12-14-40-15-13-36)30(39-4)28(23(24)17-32)27-21(2)6-7-22-18-33-34(3)29(22)27/h5-7,16,18H,1,8-15,19-20H2,2-4H3. The molecule has 1 aromatic heterocycles. The number of nitriles is 1. The third-order valence-corrected chi connectivity index (χ3v) is 8.97. The minimum Gasteiger partial charge on any atom is -0.494 e. The topological polar surface area (TPSA) is 86.9 Å². The molecule has 4 heterocycles. The van der Waals surface area contributed by atoms with E-state index in [0.29, 0.717) is 24.5 Å². The number of nitrogens with zero attached hydrogens (tertiary/aromatic N) is 6. The number of aromatic nitrogens is 2. The highest BCUT2D eigenvalue weighted by Crippen LogP contribution is 2.50. The summed E-state index contributed by atoms with van der Waals surface area (Å²) in [6.45, 7) is 11.7. The van der Waals surface area contributed by atoms with E-state index in [0.717, 1.165) is 91.1 Å². The van der Waals surface area contributed by atoms with E-state index >= 15 is 0 Å². The summed E-state index contributed by atoms with van der Waals surface area (Å²) in [5.41, 5.74) is 6.55. The summed E-state index contributed by atoms with van der Waals surface area (Å²) < 4.78 is 13.7. The van der Waals surface area contributed by atoms with Crippen molar-refractivity contribution in [3.05, 3.63) is 48.2 Å². The molecule has 1 amide bonds. The minimum absolute atomic E-state index is 0.00878. The number of ether oxygens (including phenoxy) is 2. The zero-order chi connectivity index (χ0) is 28.0. The largest absolute Gasteiger partial charge is 0.494 e. The van der Waals surface area contributed by atoms with Crippen LogP contribution in [0.25, 0.3) is 22.0 Å². The van der Waals surface area contributed by atoms with Gasteiger partial charge in [0.15, 0.2) is 5.75 Å². The summed E-state index contributed by atoms with van der Waals surface area (Å²) >= 11 is 0. The molecule has 0 unspecified atom stereocenters. The first-order valence-corrected chi connectivity index (χ1v) is 14.0. The van der Waals surface area contributed by atoms with E-state index < -0.39 is 0 Å². The second kappa shape index (κ2) is 10.2. The maximum atomic E-state index is 12.1. The Labute approximate surface area is 235 Å². The van der Waals surface area contributed by atoms with Crippen molar-refractivity contribution < 1.29 is 14.3 Å². The number of fused-ring (bicyclic) bond motifs is 1. The fourth-order valence-electron chi connectivity index (χ4n) is 6.75. The number of methoxy groups -OCH3 is 1.